The number of hydrogen-bond donors (Lipinski definition) is 12. The van der Waals surface area contributed by atoms with Crippen LogP contribution in [0.5, 0.6) is 0 Å². The topological polar surface area (TPSA) is 332 Å². The molecule has 4 rings (SSSR count). The number of amides is 1. The Morgan fingerprint density at radius 3 is 1.85 bits per heavy atom. The fourth-order valence-electron chi connectivity index (χ4n) is 10.3. The summed E-state index contributed by atoms with van der Waals surface area (Å²) in [5.74, 6) is -5.37. The van der Waals surface area contributed by atoms with E-state index in [0.717, 1.165) is 5.69 Å². The standard InChI is InChI=1S/C61H90N2O18/c1-37-19-17-15-13-11-9-7-8-10-12-14-16-18-20-51(79-60-58(76)57(75)56(40(4)78-60)63-41(5)64)34-54-39(3)53(73)36-61(77,81-54)35-50(71)31-48(69)29-46(67)27-45(66)28-47(68)30-49(70)33-55(74)80-59(37)38(2)21-26-44(65)32-52(72)42-22-24-43(62-6)25-23-42/h7-20,22-25,37-40,44-46,48-51,53-54,56-60,62,65-67,69-71,73,75-77H,21,26-36H2,1-6H3,(H,63,64)/b8-7-,11-9-,12-10+,15-13+,16-14+,19-17+,20-18+/t37-,38-,39+,40+,44?,45+,46-,48-,49+,50-,51-,53-,54-,56+,57-,58-,59-,60-,61+/m0/s1. The van der Waals surface area contributed by atoms with Crippen LogP contribution in [-0.4, -0.2) is 179 Å². The molecule has 19 atom stereocenters. The summed E-state index contributed by atoms with van der Waals surface area (Å²) >= 11 is 0. The van der Waals surface area contributed by atoms with Gasteiger partial charge in [-0.05, 0) is 69.2 Å². The first-order chi connectivity index (χ1) is 38.4. The molecule has 1 aromatic carbocycles. The van der Waals surface area contributed by atoms with Crippen LogP contribution in [-0.2, 0) is 33.3 Å². The van der Waals surface area contributed by atoms with Gasteiger partial charge < -0.3 is 80.6 Å². The van der Waals surface area contributed by atoms with E-state index in [0.29, 0.717) is 12.0 Å². The van der Waals surface area contributed by atoms with Gasteiger partial charge in [-0.15, -0.1) is 0 Å². The zero-order valence-electron chi connectivity index (χ0n) is 47.5. The van der Waals surface area contributed by atoms with Gasteiger partial charge in [-0.2, -0.15) is 0 Å². The van der Waals surface area contributed by atoms with Crippen molar-refractivity contribution in [3.8, 4) is 0 Å². The summed E-state index contributed by atoms with van der Waals surface area (Å²) < 4.78 is 24.3. The molecule has 2 fully saturated rings. The highest BCUT2D eigenvalue weighted by Gasteiger charge is 2.48. The molecule has 1 unspecified atom stereocenters. The molecule has 0 aliphatic carbocycles. The molecule has 3 heterocycles. The number of ether oxygens (including phenoxy) is 4. The van der Waals surface area contributed by atoms with Crippen LogP contribution < -0.4 is 10.6 Å². The third-order valence-corrected chi connectivity index (χ3v) is 14.8. The number of benzene rings is 1. The highest BCUT2D eigenvalue weighted by molar-refractivity contribution is 5.96. The monoisotopic (exact) mass is 1140 g/mol. The Morgan fingerprint density at radius 1 is 0.704 bits per heavy atom. The van der Waals surface area contributed by atoms with E-state index in [1.165, 1.54) is 6.92 Å². The van der Waals surface area contributed by atoms with Crippen LogP contribution in [0.2, 0.25) is 0 Å². The van der Waals surface area contributed by atoms with Crippen molar-refractivity contribution in [3.05, 3.63) is 115 Å². The minimum absolute atomic E-state index is 0.0162. The molecule has 0 saturated carbocycles. The number of fused-ring (bicyclic) bond motifs is 2. The molecule has 12 N–H and O–H groups in total. The SMILES string of the molecule is CNc1ccc(C(=O)CC(O)CC[C@H](C)[C@H]2OC(=O)C[C@H](O)CC(=O)C[C@H](O)C[C@H](O)C[C@H](O)C[C@H](O)C[C@]3(O)C[C@H](O)[C@@H](C)[C@H](C[C@@H](O[C@@H]4O[C@H](C)[C@@H](NC(C)=O)[C@H](O)[C@@H]4O)/C=C/C=C/C=C/C=C\C=C/C=C/C=C/[C@@H]2C)O3)cc1. The van der Waals surface area contributed by atoms with Gasteiger partial charge in [-0.3, -0.25) is 19.2 Å². The molecular weight excluding hydrogens is 1050 g/mol. The van der Waals surface area contributed by atoms with E-state index in [1.807, 2.05) is 38.2 Å². The Kier molecular flexibility index (Phi) is 29.2. The van der Waals surface area contributed by atoms with Crippen molar-refractivity contribution >= 4 is 29.1 Å². The zero-order valence-corrected chi connectivity index (χ0v) is 47.5. The predicted molar refractivity (Wildman–Crippen MR) is 303 cm³/mol. The summed E-state index contributed by atoms with van der Waals surface area (Å²) in [6, 6.07) is 6.00. The highest BCUT2D eigenvalue weighted by atomic mass is 16.7. The second-order valence-electron chi connectivity index (χ2n) is 22.1. The number of carbonyl (C=O) groups is 4. The van der Waals surface area contributed by atoms with Gasteiger partial charge in [0.05, 0.1) is 73.5 Å². The Bertz CT molecular complexity index is 2320. The highest BCUT2D eigenvalue weighted by Crippen LogP contribution is 2.38. The van der Waals surface area contributed by atoms with Crippen LogP contribution in [0.1, 0.15) is 122 Å². The third kappa shape index (κ3) is 24.4. The van der Waals surface area contributed by atoms with E-state index in [9.17, 15) is 70.2 Å². The minimum Gasteiger partial charge on any atom is -0.461 e. The maximum Gasteiger partial charge on any atom is 0.308 e. The average Bonchev–Trinajstić information content (AvgIpc) is 3.38. The molecule has 20 heteroatoms. The fraction of sp³-hybridized carbons (Fsp3) is 0.607. The van der Waals surface area contributed by atoms with Gasteiger partial charge in [-0.25, -0.2) is 0 Å². The lowest BCUT2D eigenvalue weighted by Crippen LogP contribution is -2.63. The van der Waals surface area contributed by atoms with Gasteiger partial charge >= 0.3 is 5.97 Å². The lowest BCUT2D eigenvalue weighted by molar-refractivity contribution is -0.309. The van der Waals surface area contributed by atoms with Crippen molar-refractivity contribution in [2.75, 3.05) is 12.4 Å². The molecule has 2 saturated heterocycles. The van der Waals surface area contributed by atoms with Crippen molar-refractivity contribution in [2.24, 2.45) is 17.8 Å². The van der Waals surface area contributed by atoms with Crippen LogP contribution in [0.15, 0.2) is 109 Å². The number of cyclic esters (lactones) is 1. The number of esters is 1. The molecule has 0 radical (unpaired) electrons. The molecule has 452 valence electrons. The van der Waals surface area contributed by atoms with E-state index in [-0.39, 0.29) is 62.6 Å². The summed E-state index contributed by atoms with van der Waals surface area (Å²) in [6.45, 7) is 8.31. The van der Waals surface area contributed by atoms with Crippen molar-refractivity contribution < 1.29 is 89.2 Å². The summed E-state index contributed by atoms with van der Waals surface area (Å²) in [5.41, 5.74) is 1.31. The number of aliphatic hydroxyl groups is 10. The predicted octanol–water partition coefficient (Wildman–Crippen LogP) is 3.86. The van der Waals surface area contributed by atoms with Crippen LogP contribution in [0.25, 0.3) is 0 Å². The van der Waals surface area contributed by atoms with Gasteiger partial charge in [-0.1, -0.05) is 106 Å². The molecule has 1 aromatic rings. The fourth-order valence-corrected chi connectivity index (χ4v) is 10.3. The first-order valence-electron chi connectivity index (χ1n) is 28.2. The number of ketones is 2. The minimum atomic E-state index is -2.10. The Morgan fingerprint density at radius 2 is 1.26 bits per heavy atom. The number of allylic oxidation sites excluding steroid dienone is 12. The molecule has 2 bridgehead atoms. The number of Topliss-reactive ketones (excluding diaryl/α,β-unsaturated/α-hetero) is 2. The molecule has 81 heavy (non-hydrogen) atoms. The van der Waals surface area contributed by atoms with E-state index in [1.54, 1.807) is 106 Å². The van der Waals surface area contributed by atoms with E-state index < -0.39 is 147 Å². The maximum absolute atomic E-state index is 13.3. The van der Waals surface area contributed by atoms with Gasteiger partial charge in [0.25, 0.3) is 0 Å². The van der Waals surface area contributed by atoms with Crippen LogP contribution >= 0.6 is 0 Å². The van der Waals surface area contributed by atoms with Crippen molar-refractivity contribution in [3.63, 3.8) is 0 Å². The van der Waals surface area contributed by atoms with Gasteiger partial charge in [0.2, 0.25) is 5.91 Å². The Labute approximate surface area is 476 Å². The number of nitrogens with one attached hydrogen (secondary N) is 2. The van der Waals surface area contributed by atoms with Crippen LogP contribution in [0.3, 0.4) is 0 Å². The van der Waals surface area contributed by atoms with Crippen molar-refractivity contribution in [1.29, 1.82) is 0 Å². The smallest absolute Gasteiger partial charge is 0.308 e. The van der Waals surface area contributed by atoms with Gasteiger partial charge in [0.15, 0.2) is 17.9 Å². The number of aliphatic hydroxyl groups excluding tert-OH is 9. The second kappa shape index (κ2) is 34.5. The van der Waals surface area contributed by atoms with Gasteiger partial charge in [0.1, 0.15) is 24.1 Å². The average molecular weight is 1140 g/mol. The van der Waals surface area contributed by atoms with Crippen molar-refractivity contribution in [2.45, 2.75) is 209 Å². The molecule has 1 amide bonds. The third-order valence-electron chi connectivity index (χ3n) is 14.8. The van der Waals surface area contributed by atoms with E-state index in [4.69, 9.17) is 18.9 Å². The number of hydrogen-bond acceptors (Lipinski definition) is 19. The van der Waals surface area contributed by atoms with E-state index >= 15 is 0 Å². The Balaban J connectivity index is 1.52. The van der Waals surface area contributed by atoms with E-state index in [2.05, 4.69) is 10.6 Å². The van der Waals surface area contributed by atoms with Crippen LogP contribution in [0, 0.1) is 17.8 Å². The summed E-state index contributed by atoms with van der Waals surface area (Å²) in [4.78, 5) is 51.0. The quantitative estimate of drug-likeness (QED) is 0.111. The maximum atomic E-state index is 13.3. The largest absolute Gasteiger partial charge is 0.461 e. The molecule has 3 aliphatic rings. The lowest BCUT2D eigenvalue weighted by Gasteiger charge is -2.46. The molecule has 0 spiro atoms. The first-order valence-corrected chi connectivity index (χ1v) is 28.2. The normalized spacial score (nSPS) is 37.7. The zero-order chi connectivity index (χ0) is 59.8. The van der Waals surface area contributed by atoms with Crippen LogP contribution in [0.4, 0.5) is 5.69 Å². The number of rotatable bonds is 11. The first kappa shape index (κ1) is 68.5. The number of anilines is 1. The van der Waals surface area contributed by atoms with Gasteiger partial charge in [0, 0.05) is 75.6 Å². The Hall–Kier alpha value is -5.04. The summed E-state index contributed by atoms with van der Waals surface area (Å²) in [5, 5.41) is 116. The molecular formula is C61H90N2O18. The van der Waals surface area contributed by atoms with Crippen molar-refractivity contribution in [1.82, 2.24) is 5.32 Å². The summed E-state index contributed by atoms with van der Waals surface area (Å²) in [6.07, 6.45) is 5.27. The molecule has 20 nitrogen and oxygen atoms in total. The molecule has 3 aliphatic heterocycles. The molecule has 0 aromatic heterocycles. The lowest BCUT2D eigenvalue weighted by atomic mass is 9.84. The number of carbonyl (C=O) groups excluding carboxylic acids is 4. The second-order valence-corrected chi connectivity index (χ2v) is 22.1. The summed E-state index contributed by atoms with van der Waals surface area (Å²) in [7, 11) is 1.77.